The smallest absolute Gasteiger partial charge is 0.144 e. The molecule has 0 unspecified atom stereocenters. The molecule has 0 fully saturated rings. The number of nitriles is 1. The predicted molar refractivity (Wildman–Crippen MR) is 253 cm³/mol. The van der Waals surface area contributed by atoms with Crippen LogP contribution < -0.4 is 0 Å². The van der Waals surface area contributed by atoms with Crippen molar-refractivity contribution >= 4 is 21.9 Å². The van der Waals surface area contributed by atoms with Gasteiger partial charge in [-0.3, -0.25) is 15.0 Å². The Morgan fingerprint density at radius 3 is 1.61 bits per heavy atom. The first-order valence-corrected chi connectivity index (χ1v) is 20.4. The summed E-state index contributed by atoms with van der Waals surface area (Å²) < 4.78 is 121. The number of para-hydroxylation sites is 1. The number of fused-ring (bicyclic) bond motifs is 3. The highest BCUT2D eigenvalue weighted by atomic mass is 16.3. The molecule has 9 rings (SSSR count). The number of pyridine rings is 3. The molecule has 0 radical (unpaired) electrons. The van der Waals surface area contributed by atoms with Gasteiger partial charge in [-0.05, 0) is 151 Å². The van der Waals surface area contributed by atoms with Crippen molar-refractivity contribution in [3.8, 4) is 39.8 Å². The Hall–Kier alpha value is -7.16. The summed E-state index contributed by atoms with van der Waals surface area (Å²) in [4.78, 5) is 13.7. The molecule has 5 aromatic carbocycles. The molecule has 5 nitrogen and oxygen atoms in total. The fourth-order valence-corrected chi connectivity index (χ4v) is 7.44. The molecule has 0 N–H and O–H groups in total. The van der Waals surface area contributed by atoms with Crippen LogP contribution in [-0.4, -0.2) is 15.0 Å². The first-order chi connectivity index (χ1) is 34.8. The van der Waals surface area contributed by atoms with Crippen molar-refractivity contribution in [1.82, 2.24) is 15.0 Å². The summed E-state index contributed by atoms with van der Waals surface area (Å²) in [7, 11) is 0. The highest BCUT2D eigenvalue weighted by Crippen LogP contribution is 2.37. The average molecular weight is 819 g/mol. The molecular weight excluding hydrogens is 757 g/mol. The number of nitrogens with zero attached hydrogens (tertiary/aromatic N) is 4. The van der Waals surface area contributed by atoms with Gasteiger partial charge in [-0.15, -0.1) is 0 Å². The van der Waals surface area contributed by atoms with E-state index in [0.717, 1.165) is 40.1 Å². The number of hydrogen-bond donors (Lipinski definition) is 0. The van der Waals surface area contributed by atoms with Crippen LogP contribution in [0, 0.1) is 25.2 Å². The number of rotatable bonds is 13. The zero-order valence-electron chi connectivity index (χ0n) is 46.7. The third kappa shape index (κ3) is 8.69. The molecule has 0 aliphatic rings. The van der Waals surface area contributed by atoms with E-state index in [1.54, 1.807) is 56.3 Å². The third-order valence-corrected chi connectivity index (χ3v) is 10.8. The summed E-state index contributed by atoms with van der Waals surface area (Å²) in [6.07, 6.45) is -14.4. The Morgan fingerprint density at radius 2 is 1.08 bits per heavy atom. The van der Waals surface area contributed by atoms with E-state index in [9.17, 15) is 21.7 Å². The Labute approximate surface area is 381 Å². The minimum Gasteiger partial charge on any atom is -0.455 e. The van der Waals surface area contributed by atoms with E-state index in [1.807, 2.05) is 86.6 Å². The second-order valence-corrected chi connectivity index (χ2v) is 15.5. The number of aromatic nitrogens is 3. The largest absolute Gasteiger partial charge is 0.455 e. The predicted octanol–water partition coefficient (Wildman–Crippen LogP) is 13.7. The van der Waals surface area contributed by atoms with Crippen LogP contribution >= 0.6 is 0 Å². The quantitative estimate of drug-likeness (QED) is 0.116. The van der Waals surface area contributed by atoms with Crippen molar-refractivity contribution in [2.45, 2.75) is 71.9 Å². The zero-order chi connectivity index (χ0) is 53.3. The Morgan fingerprint density at radius 1 is 0.548 bits per heavy atom. The van der Waals surface area contributed by atoms with Gasteiger partial charge in [-0.1, -0.05) is 105 Å². The average Bonchev–Trinajstić information content (AvgIpc) is 3.76. The summed E-state index contributed by atoms with van der Waals surface area (Å²) in [6, 6.07) is 39.1. The van der Waals surface area contributed by atoms with E-state index in [4.69, 9.17) is 4.42 Å². The molecule has 5 heteroatoms. The molecule has 0 atom stereocenters. The van der Waals surface area contributed by atoms with E-state index in [2.05, 4.69) is 21.0 Å². The van der Waals surface area contributed by atoms with Gasteiger partial charge < -0.3 is 4.42 Å². The highest BCUT2D eigenvalue weighted by Gasteiger charge is 2.17. The monoisotopic (exact) mass is 818 g/mol. The molecule has 0 saturated carbocycles. The van der Waals surface area contributed by atoms with Crippen LogP contribution in [0.2, 0.25) is 0 Å². The van der Waals surface area contributed by atoms with Crippen LogP contribution in [0.5, 0.6) is 0 Å². The van der Waals surface area contributed by atoms with E-state index in [-0.39, 0.29) is 16.7 Å². The van der Waals surface area contributed by atoms with Gasteiger partial charge in [0.15, 0.2) is 0 Å². The van der Waals surface area contributed by atoms with Crippen LogP contribution in [-0.2, 0) is 38.2 Å². The number of hydrogen-bond acceptors (Lipinski definition) is 5. The maximum absolute atomic E-state index is 9.76. The normalized spacial score (nSPS) is 15.7. The maximum Gasteiger partial charge on any atom is 0.144 e. The molecule has 0 saturated heterocycles. The van der Waals surface area contributed by atoms with Gasteiger partial charge in [0.1, 0.15) is 11.2 Å². The minimum atomic E-state index is -3.14. The molecule has 9 aromatic rings. The maximum atomic E-state index is 9.76. The van der Waals surface area contributed by atoms with Crippen molar-refractivity contribution in [3.63, 3.8) is 0 Å². The van der Waals surface area contributed by atoms with E-state index in [1.165, 1.54) is 18.6 Å². The van der Waals surface area contributed by atoms with Crippen LogP contribution in [0.1, 0.15) is 91.8 Å². The van der Waals surface area contributed by atoms with Gasteiger partial charge in [0.05, 0.1) is 28.7 Å². The zero-order valence-corrected chi connectivity index (χ0v) is 34.7. The number of aryl methyl sites for hydroxylation is 8. The Bertz CT molecular complexity index is 3530. The third-order valence-electron chi connectivity index (χ3n) is 10.8. The fraction of sp³-hybridized carbons (Fsp3) is 0.193. The second-order valence-electron chi connectivity index (χ2n) is 15.5. The van der Waals surface area contributed by atoms with Gasteiger partial charge in [-0.25, -0.2) is 0 Å². The summed E-state index contributed by atoms with van der Waals surface area (Å²) in [5, 5.41) is 11.1. The van der Waals surface area contributed by atoms with Gasteiger partial charge in [0.2, 0.25) is 0 Å². The Kier molecular flexibility index (Phi) is 8.16. The van der Waals surface area contributed by atoms with Crippen molar-refractivity contribution in [2.24, 2.45) is 0 Å². The molecule has 62 heavy (non-hydrogen) atoms. The van der Waals surface area contributed by atoms with E-state index in [0.29, 0.717) is 56.1 Å². The minimum absolute atomic E-state index is 0.135. The van der Waals surface area contributed by atoms with Crippen LogP contribution in [0.3, 0.4) is 0 Å². The van der Waals surface area contributed by atoms with Crippen molar-refractivity contribution in [3.05, 3.63) is 208 Å². The van der Waals surface area contributed by atoms with Gasteiger partial charge in [-0.2, -0.15) is 5.26 Å². The molecule has 4 heterocycles. The molecular formula is C57H50N4O. The van der Waals surface area contributed by atoms with Gasteiger partial charge in [0, 0.05) is 62.5 Å². The van der Waals surface area contributed by atoms with Crippen molar-refractivity contribution < 1.29 is 20.9 Å². The molecule has 304 valence electrons. The highest BCUT2D eigenvalue weighted by molar-refractivity contribution is 6.09. The van der Waals surface area contributed by atoms with Gasteiger partial charge >= 0.3 is 0 Å². The number of furan rings is 1. The lowest BCUT2D eigenvalue weighted by atomic mass is 9.91. The van der Waals surface area contributed by atoms with Crippen molar-refractivity contribution in [1.29, 1.82) is 5.26 Å². The molecule has 0 aliphatic heterocycles. The van der Waals surface area contributed by atoms with Crippen LogP contribution in [0.25, 0.3) is 55.7 Å². The molecule has 0 spiro atoms. The number of benzene rings is 5. The van der Waals surface area contributed by atoms with Crippen molar-refractivity contribution in [2.75, 3.05) is 0 Å². The second kappa shape index (κ2) is 17.8. The summed E-state index contributed by atoms with van der Waals surface area (Å²) in [5.74, 6) is -0.411. The van der Waals surface area contributed by atoms with Crippen LogP contribution in [0.15, 0.2) is 156 Å². The SMILES string of the molecule is [2H]C([2H])(c1cc(C([2H])([2H])C([2H])([2H])c2cnc(-c3ccccc3)cc2C)cc(C([2H])([2H])C([2H])([2H])c2cnc(-c3cccc4c3oc3cc(C#N)ccc34)cc2C(C)C)c1)C([2H])([2H])c1cnc(-c2ccccc2)cc1C. The molecule has 0 amide bonds. The lowest BCUT2D eigenvalue weighted by Gasteiger charge is -2.16. The first-order valence-electron chi connectivity index (χ1n) is 26.4. The summed E-state index contributed by atoms with van der Waals surface area (Å²) in [6.45, 7) is 6.87. The van der Waals surface area contributed by atoms with Gasteiger partial charge in [0.25, 0.3) is 0 Å². The Balaban J connectivity index is 1.19. The fourth-order valence-electron chi connectivity index (χ4n) is 7.44. The summed E-state index contributed by atoms with van der Waals surface area (Å²) in [5.41, 5.74) is 3.87. The lowest BCUT2D eigenvalue weighted by Crippen LogP contribution is -2.04. The standard InChI is InChI=1S/C57H50N4O/c1-37(2)52-32-55(51-17-11-16-50-49-25-21-43(33-58)31-56(49)62-57(50)51)61-36-48(52)24-20-42-29-40(18-22-46-34-59-53(26-38(46)3)44-12-7-5-8-13-44)28-41(30-42)19-23-47-35-60-54(27-39(47)4)45-14-9-6-10-15-45/h5-17,21,25-32,34-37H,18-20,22-24H2,1-4H3/i18D2,19D2,20D2,22D2,23D2,24D2. The molecule has 4 aromatic heterocycles. The first kappa shape index (κ1) is 28.4. The van der Waals surface area contributed by atoms with Crippen LogP contribution in [0.4, 0.5) is 0 Å². The topological polar surface area (TPSA) is 75.6 Å². The van der Waals surface area contributed by atoms with E-state index < -0.39 is 60.8 Å². The lowest BCUT2D eigenvalue weighted by molar-refractivity contribution is 0.669. The van der Waals surface area contributed by atoms with E-state index >= 15 is 0 Å². The molecule has 0 bridgehead atoms. The summed E-state index contributed by atoms with van der Waals surface area (Å²) >= 11 is 0. The molecule has 0 aliphatic carbocycles.